The van der Waals surface area contributed by atoms with Gasteiger partial charge in [0.15, 0.2) is 5.65 Å². The molecule has 7 nitrogen and oxygen atoms in total. The highest BCUT2D eigenvalue weighted by Crippen LogP contribution is 2.21. The van der Waals surface area contributed by atoms with Gasteiger partial charge in [-0.05, 0) is 42.3 Å². The highest BCUT2D eigenvalue weighted by atomic mass is 16.5. The van der Waals surface area contributed by atoms with Crippen molar-refractivity contribution in [3.63, 3.8) is 0 Å². The van der Waals surface area contributed by atoms with Gasteiger partial charge in [-0.3, -0.25) is 0 Å². The Bertz CT molecular complexity index is 1070. The molecule has 0 aliphatic heterocycles. The zero-order valence-corrected chi connectivity index (χ0v) is 15.0. The molecule has 27 heavy (non-hydrogen) atoms. The average Bonchev–Trinajstić information content (AvgIpc) is 3.07. The second-order valence-corrected chi connectivity index (χ2v) is 6.14. The third-order valence-corrected chi connectivity index (χ3v) is 4.15. The molecule has 136 valence electrons. The highest BCUT2D eigenvalue weighted by Gasteiger charge is 2.07. The number of para-hydroxylation sites is 1. The number of nitrogens with zero attached hydrogens (tertiary/aromatic N) is 4. The fourth-order valence-corrected chi connectivity index (χ4v) is 2.72. The number of H-pyrrole nitrogens is 1. The fraction of sp³-hybridized carbons (Fsp3) is 0.200. The first-order valence-electron chi connectivity index (χ1n) is 8.96. The Balaban J connectivity index is 1.42. The molecule has 0 saturated heterocycles. The molecule has 2 heterocycles. The minimum Gasteiger partial charge on any atom is -0.494 e. The van der Waals surface area contributed by atoms with E-state index in [2.05, 4.69) is 37.6 Å². The molecule has 4 rings (SSSR count). The first-order chi connectivity index (χ1) is 13.3. The standard InChI is InChI=1S/C20H20N6O/c1-2-3-12-27-15-10-8-14(9-11-15)13-21-25-20-23-19-18(24-26-20)16-6-4-5-7-17(16)22-19/h4-11,13H,2-3,12H2,1H3,(H2,22,23,25,26)/b21-13+. The van der Waals surface area contributed by atoms with Crippen LogP contribution in [0.25, 0.3) is 22.1 Å². The van der Waals surface area contributed by atoms with Crippen molar-refractivity contribution >= 4 is 34.2 Å². The lowest BCUT2D eigenvalue weighted by Gasteiger charge is -2.04. The minimum absolute atomic E-state index is 0.338. The number of fused-ring (bicyclic) bond motifs is 3. The van der Waals surface area contributed by atoms with Crippen molar-refractivity contribution in [2.45, 2.75) is 19.8 Å². The van der Waals surface area contributed by atoms with E-state index in [0.29, 0.717) is 11.6 Å². The van der Waals surface area contributed by atoms with Crippen LogP contribution in [-0.4, -0.2) is 33.0 Å². The summed E-state index contributed by atoms with van der Waals surface area (Å²) < 4.78 is 5.65. The molecule has 0 fully saturated rings. The smallest absolute Gasteiger partial charge is 0.265 e. The topological polar surface area (TPSA) is 88.1 Å². The van der Waals surface area contributed by atoms with E-state index in [1.807, 2.05) is 48.5 Å². The van der Waals surface area contributed by atoms with Gasteiger partial charge in [0.1, 0.15) is 11.3 Å². The summed E-state index contributed by atoms with van der Waals surface area (Å²) in [4.78, 5) is 7.66. The number of rotatable bonds is 7. The third-order valence-electron chi connectivity index (χ3n) is 4.15. The predicted octanol–water partition coefficient (Wildman–Crippen LogP) is 4.13. The molecule has 0 aliphatic rings. The van der Waals surface area contributed by atoms with Crippen molar-refractivity contribution < 1.29 is 4.74 Å². The van der Waals surface area contributed by atoms with E-state index < -0.39 is 0 Å². The van der Waals surface area contributed by atoms with E-state index in [-0.39, 0.29) is 0 Å². The van der Waals surface area contributed by atoms with Gasteiger partial charge >= 0.3 is 0 Å². The molecule has 0 bridgehead atoms. The maximum Gasteiger partial charge on any atom is 0.265 e. The normalized spacial score (nSPS) is 11.4. The number of aromatic amines is 1. The monoisotopic (exact) mass is 360 g/mol. The number of hydrogen-bond acceptors (Lipinski definition) is 6. The number of hydrazone groups is 1. The van der Waals surface area contributed by atoms with E-state index in [4.69, 9.17) is 4.74 Å². The quantitative estimate of drug-likeness (QED) is 0.294. The van der Waals surface area contributed by atoms with Crippen molar-refractivity contribution in [2.75, 3.05) is 12.0 Å². The van der Waals surface area contributed by atoms with Gasteiger partial charge in [-0.2, -0.15) is 10.1 Å². The van der Waals surface area contributed by atoms with Gasteiger partial charge in [-0.15, -0.1) is 10.2 Å². The number of benzene rings is 2. The molecule has 0 amide bonds. The van der Waals surface area contributed by atoms with E-state index in [0.717, 1.165) is 47.2 Å². The molecule has 2 aromatic carbocycles. The van der Waals surface area contributed by atoms with Gasteiger partial charge in [0.25, 0.3) is 5.95 Å². The van der Waals surface area contributed by atoms with Gasteiger partial charge < -0.3 is 9.72 Å². The Morgan fingerprint density at radius 1 is 1.11 bits per heavy atom. The van der Waals surface area contributed by atoms with Gasteiger partial charge in [0, 0.05) is 10.9 Å². The van der Waals surface area contributed by atoms with Crippen molar-refractivity contribution in [3.05, 3.63) is 54.1 Å². The van der Waals surface area contributed by atoms with Crippen LogP contribution in [0.5, 0.6) is 5.75 Å². The van der Waals surface area contributed by atoms with Crippen LogP contribution in [-0.2, 0) is 0 Å². The lowest BCUT2D eigenvalue weighted by Crippen LogP contribution is -1.99. The van der Waals surface area contributed by atoms with Crippen LogP contribution in [0.2, 0.25) is 0 Å². The third kappa shape index (κ3) is 3.87. The highest BCUT2D eigenvalue weighted by molar-refractivity contribution is 6.03. The van der Waals surface area contributed by atoms with Crippen LogP contribution in [0.4, 0.5) is 5.95 Å². The van der Waals surface area contributed by atoms with Crippen LogP contribution < -0.4 is 10.2 Å². The van der Waals surface area contributed by atoms with Crippen molar-refractivity contribution in [3.8, 4) is 5.75 Å². The largest absolute Gasteiger partial charge is 0.494 e. The summed E-state index contributed by atoms with van der Waals surface area (Å²) in [5.74, 6) is 1.20. The number of anilines is 1. The molecule has 7 heteroatoms. The predicted molar refractivity (Wildman–Crippen MR) is 107 cm³/mol. The molecule has 0 atom stereocenters. The lowest BCUT2D eigenvalue weighted by atomic mass is 10.2. The molecular weight excluding hydrogens is 340 g/mol. The van der Waals surface area contributed by atoms with E-state index in [1.165, 1.54) is 0 Å². The van der Waals surface area contributed by atoms with Crippen molar-refractivity contribution in [2.24, 2.45) is 5.10 Å². The van der Waals surface area contributed by atoms with Crippen LogP contribution in [0.1, 0.15) is 25.3 Å². The van der Waals surface area contributed by atoms with Crippen molar-refractivity contribution in [1.29, 1.82) is 0 Å². The zero-order chi connectivity index (χ0) is 18.5. The Hall–Kier alpha value is -3.48. The summed E-state index contributed by atoms with van der Waals surface area (Å²) in [5, 5.41) is 13.5. The lowest BCUT2D eigenvalue weighted by molar-refractivity contribution is 0.309. The molecule has 0 aliphatic carbocycles. The Morgan fingerprint density at radius 2 is 1.96 bits per heavy atom. The molecular formula is C20H20N6O. The summed E-state index contributed by atoms with van der Waals surface area (Å²) >= 11 is 0. The van der Waals surface area contributed by atoms with Gasteiger partial charge in [0.2, 0.25) is 0 Å². The molecule has 0 saturated carbocycles. The second-order valence-electron chi connectivity index (χ2n) is 6.14. The SMILES string of the molecule is CCCCOc1ccc(/C=N/Nc2nnc3c(n2)[nH]c2ccccc23)cc1. The van der Waals surface area contributed by atoms with Crippen LogP contribution in [0.3, 0.4) is 0 Å². The van der Waals surface area contributed by atoms with E-state index in [9.17, 15) is 0 Å². The number of aromatic nitrogens is 4. The number of nitrogens with one attached hydrogen (secondary N) is 2. The maximum absolute atomic E-state index is 5.65. The Kier molecular flexibility index (Phi) is 4.91. The summed E-state index contributed by atoms with van der Waals surface area (Å²) in [6.07, 6.45) is 3.88. The van der Waals surface area contributed by atoms with Crippen LogP contribution >= 0.6 is 0 Å². The van der Waals surface area contributed by atoms with Gasteiger partial charge in [0.05, 0.1) is 12.8 Å². The number of unbranched alkanes of at least 4 members (excludes halogenated alkanes) is 1. The maximum atomic E-state index is 5.65. The van der Waals surface area contributed by atoms with E-state index in [1.54, 1.807) is 6.21 Å². The zero-order valence-electron chi connectivity index (χ0n) is 15.0. The molecule has 4 aromatic rings. The molecule has 0 spiro atoms. The first kappa shape index (κ1) is 17.0. The van der Waals surface area contributed by atoms with Gasteiger partial charge in [-0.25, -0.2) is 5.43 Å². The first-order valence-corrected chi connectivity index (χ1v) is 8.96. The minimum atomic E-state index is 0.338. The van der Waals surface area contributed by atoms with Crippen LogP contribution in [0, 0.1) is 0 Å². The number of ether oxygens (including phenoxy) is 1. The summed E-state index contributed by atoms with van der Waals surface area (Å²) in [5.41, 5.74) is 6.18. The van der Waals surface area contributed by atoms with Gasteiger partial charge in [-0.1, -0.05) is 31.5 Å². The molecule has 2 aromatic heterocycles. The van der Waals surface area contributed by atoms with E-state index >= 15 is 0 Å². The molecule has 0 unspecified atom stereocenters. The summed E-state index contributed by atoms with van der Waals surface area (Å²) in [7, 11) is 0. The summed E-state index contributed by atoms with van der Waals surface area (Å²) in [6, 6.07) is 15.7. The average molecular weight is 360 g/mol. The molecule has 2 N–H and O–H groups in total. The Morgan fingerprint density at radius 3 is 2.81 bits per heavy atom. The summed E-state index contributed by atoms with van der Waals surface area (Å²) in [6.45, 7) is 2.89. The fourth-order valence-electron chi connectivity index (χ4n) is 2.72. The Labute approximate surface area is 156 Å². The van der Waals surface area contributed by atoms with Crippen molar-refractivity contribution in [1.82, 2.24) is 20.2 Å². The second kappa shape index (κ2) is 7.82. The van der Waals surface area contributed by atoms with Crippen LogP contribution in [0.15, 0.2) is 53.6 Å². The number of hydrogen-bond donors (Lipinski definition) is 2. The molecule has 0 radical (unpaired) electrons.